The van der Waals surface area contributed by atoms with Crippen LogP contribution in [-0.4, -0.2) is 55.6 Å². The molecule has 0 aliphatic carbocycles. The Bertz CT molecular complexity index is 846. The topological polar surface area (TPSA) is 27.7 Å². The van der Waals surface area contributed by atoms with E-state index in [4.69, 9.17) is 13.3 Å². The molecule has 1 aromatic rings. The predicted octanol–water partition coefficient (Wildman–Crippen LogP) is 6.59. The monoisotopic (exact) mass is 539 g/mol. The molecule has 1 aliphatic heterocycles. The molecule has 0 bridgehead atoms. The highest BCUT2D eigenvalue weighted by atomic mass is 30.2. The lowest BCUT2D eigenvalue weighted by Gasteiger charge is -2.71. The highest BCUT2D eigenvalue weighted by Gasteiger charge is 2.81. The maximum atomic E-state index is 7.24. The second kappa shape index (κ2) is 8.27. The summed E-state index contributed by atoms with van der Waals surface area (Å²) >= 11 is 0. The minimum Gasteiger partial charge on any atom is -0.549 e. The molecule has 3 radical (unpaired) electrons. The largest absolute Gasteiger partial charge is 0.549 e. The van der Waals surface area contributed by atoms with Gasteiger partial charge < -0.3 is 13.3 Å². The van der Waals surface area contributed by atoms with E-state index in [1.807, 2.05) is 0 Å². The molecule has 0 amide bonds. The molecular formula is C21H43O3Si7. The lowest BCUT2D eigenvalue weighted by atomic mass is 10.2. The van der Waals surface area contributed by atoms with Gasteiger partial charge >= 0.3 is 0 Å². The molecule has 1 heterocycles. The minimum absolute atomic E-state index is 0.709. The Balaban J connectivity index is 2.61. The Labute approximate surface area is 200 Å². The van der Waals surface area contributed by atoms with Crippen molar-refractivity contribution in [2.45, 2.75) is 85.1 Å². The van der Waals surface area contributed by atoms with Crippen LogP contribution in [0.5, 0.6) is 5.75 Å². The third-order valence-electron chi connectivity index (χ3n) is 7.98. The third-order valence-corrected chi connectivity index (χ3v) is 107. The second-order valence-electron chi connectivity index (χ2n) is 12.6. The molecule has 0 N–H and O–H groups in total. The Morgan fingerprint density at radius 2 is 1.16 bits per heavy atom. The summed E-state index contributed by atoms with van der Waals surface area (Å²) in [6.45, 7) is 31.5. The summed E-state index contributed by atoms with van der Waals surface area (Å²) in [7, 11) is -5.64. The maximum Gasteiger partial charge on any atom is 0.242 e. The normalized spacial score (nSPS) is 22.1. The zero-order chi connectivity index (χ0) is 24.3. The third kappa shape index (κ3) is 4.76. The molecule has 0 aromatic heterocycles. The second-order valence-corrected chi connectivity index (χ2v) is 68.2. The van der Waals surface area contributed by atoms with E-state index in [1.165, 1.54) is 0 Å². The minimum atomic E-state index is -1.87. The molecule has 3 nitrogen and oxygen atoms in total. The number of rotatable bonds is 7. The van der Waals surface area contributed by atoms with Gasteiger partial charge in [-0.2, -0.15) is 0 Å². The SMILES string of the molecule is C[Si](C)(C)OC([Si])=C(O[Si](C)(C)C)c1ccccc1O[Si]1(C)[Si](C)(C)[Si](C)(C)[Si]1(C)C. The smallest absolute Gasteiger partial charge is 0.242 e. The van der Waals surface area contributed by atoms with Gasteiger partial charge in [0.1, 0.15) is 21.8 Å². The van der Waals surface area contributed by atoms with E-state index in [9.17, 15) is 0 Å². The van der Waals surface area contributed by atoms with E-state index in [-0.39, 0.29) is 0 Å². The fraction of sp³-hybridized carbons (Fsp3) is 0.619. The van der Waals surface area contributed by atoms with Gasteiger partial charge in [0.25, 0.3) is 0 Å². The number of hydrogen-bond acceptors (Lipinski definition) is 3. The first kappa shape index (κ1) is 27.1. The predicted molar refractivity (Wildman–Crippen MR) is 153 cm³/mol. The van der Waals surface area contributed by atoms with Gasteiger partial charge in [-0.25, -0.2) is 0 Å². The summed E-state index contributed by atoms with van der Waals surface area (Å²) in [4.78, 5) is 0. The van der Waals surface area contributed by atoms with Gasteiger partial charge in [0.05, 0.1) is 25.2 Å². The van der Waals surface area contributed by atoms with Crippen molar-refractivity contribution in [1.82, 2.24) is 0 Å². The molecule has 1 aliphatic rings. The molecule has 173 valence electrons. The molecule has 1 saturated heterocycles. The van der Waals surface area contributed by atoms with Crippen LogP contribution in [0.25, 0.3) is 5.76 Å². The van der Waals surface area contributed by atoms with E-state index in [0.29, 0.717) is 5.38 Å². The van der Waals surface area contributed by atoms with Gasteiger partial charge in [-0.1, -0.05) is 51.4 Å². The average Bonchev–Trinajstić information content (AvgIpc) is 2.56. The quantitative estimate of drug-likeness (QED) is 0.289. The molecule has 0 unspecified atom stereocenters. The van der Waals surface area contributed by atoms with Gasteiger partial charge in [-0.15, -0.1) is 0 Å². The lowest BCUT2D eigenvalue weighted by molar-refractivity contribution is 0.423. The Kier molecular flexibility index (Phi) is 7.24. The van der Waals surface area contributed by atoms with Crippen LogP contribution >= 0.6 is 0 Å². The molecular weight excluding hydrogens is 497 g/mol. The van der Waals surface area contributed by atoms with Crippen LogP contribution < -0.4 is 4.43 Å². The van der Waals surface area contributed by atoms with Crippen molar-refractivity contribution >= 4 is 61.3 Å². The molecule has 0 spiro atoms. The average molecular weight is 540 g/mol. The van der Waals surface area contributed by atoms with Crippen molar-refractivity contribution in [3.8, 4) is 5.75 Å². The van der Waals surface area contributed by atoms with Gasteiger partial charge in [0.15, 0.2) is 0 Å². The Morgan fingerprint density at radius 1 is 0.710 bits per heavy atom. The number of benzene rings is 1. The van der Waals surface area contributed by atoms with Crippen molar-refractivity contribution in [2.24, 2.45) is 0 Å². The maximum absolute atomic E-state index is 7.24. The van der Waals surface area contributed by atoms with Crippen LogP contribution in [0.1, 0.15) is 5.56 Å². The highest BCUT2D eigenvalue weighted by Crippen LogP contribution is 2.52. The summed E-state index contributed by atoms with van der Waals surface area (Å²) in [5.41, 5.74) is 1.03. The summed E-state index contributed by atoms with van der Waals surface area (Å²) in [5, 5.41) is 0.709. The molecule has 0 saturated carbocycles. The van der Waals surface area contributed by atoms with E-state index in [0.717, 1.165) is 17.1 Å². The first-order chi connectivity index (χ1) is 13.7. The van der Waals surface area contributed by atoms with Crippen LogP contribution in [0.2, 0.25) is 85.1 Å². The van der Waals surface area contributed by atoms with Crippen LogP contribution in [-0.2, 0) is 8.85 Å². The summed E-state index contributed by atoms with van der Waals surface area (Å²) in [5.74, 6) is 1.80. The van der Waals surface area contributed by atoms with Crippen molar-refractivity contribution in [1.29, 1.82) is 0 Å². The fourth-order valence-corrected chi connectivity index (χ4v) is 135. The highest BCUT2D eigenvalue weighted by molar-refractivity contribution is 8.12. The standard InChI is InChI=1S/C21H43O3Si7/c1-26(2,3)23-20(21(25)24-27(4,5)6)18-16-14-15-17-19(18)22-31(13)29(9,10)28(7,8)30(31,11)12/h14-17H,1-13H3. The van der Waals surface area contributed by atoms with Gasteiger partial charge in [-0.3, -0.25) is 0 Å². The molecule has 2 rings (SSSR count). The van der Waals surface area contributed by atoms with E-state index in [1.54, 1.807) is 0 Å². The molecule has 0 atom stereocenters. The lowest BCUT2D eigenvalue weighted by Crippen LogP contribution is -3.03. The number of para-hydroxylation sites is 1. The van der Waals surface area contributed by atoms with Gasteiger partial charge in [0, 0.05) is 7.11 Å². The Hall–Kier alpha value is -0.122. The van der Waals surface area contributed by atoms with Crippen molar-refractivity contribution in [3.05, 3.63) is 35.2 Å². The van der Waals surface area contributed by atoms with E-state index < -0.39 is 45.3 Å². The van der Waals surface area contributed by atoms with E-state index in [2.05, 4.69) is 120 Å². The summed E-state index contributed by atoms with van der Waals surface area (Å²) in [6, 6.07) is 8.47. The van der Waals surface area contributed by atoms with Crippen molar-refractivity contribution < 1.29 is 13.3 Å². The van der Waals surface area contributed by atoms with Crippen LogP contribution in [0.4, 0.5) is 0 Å². The number of hydrogen-bond donors (Lipinski definition) is 0. The van der Waals surface area contributed by atoms with Crippen LogP contribution in [0.15, 0.2) is 29.6 Å². The summed E-state index contributed by atoms with van der Waals surface area (Å²) < 4.78 is 20.2. The zero-order valence-corrected chi connectivity index (χ0v) is 29.0. The molecule has 1 aromatic carbocycles. The fourth-order valence-electron chi connectivity index (χ4n) is 4.79. The Morgan fingerprint density at radius 3 is 1.61 bits per heavy atom. The first-order valence-electron chi connectivity index (χ1n) is 11.3. The molecule has 1 fully saturated rings. The first-order valence-corrected chi connectivity index (χ1v) is 34.0. The molecule has 31 heavy (non-hydrogen) atoms. The van der Waals surface area contributed by atoms with E-state index >= 15 is 0 Å². The van der Waals surface area contributed by atoms with Crippen molar-refractivity contribution in [3.63, 3.8) is 0 Å². The zero-order valence-electron chi connectivity index (χ0n) is 22.0. The van der Waals surface area contributed by atoms with Crippen LogP contribution in [0.3, 0.4) is 0 Å². The van der Waals surface area contributed by atoms with Crippen molar-refractivity contribution in [2.75, 3.05) is 0 Å². The summed E-state index contributed by atoms with van der Waals surface area (Å²) in [6.07, 6.45) is 0. The van der Waals surface area contributed by atoms with Gasteiger partial charge in [-0.05, 0) is 58.0 Å². The molecule has 10 heteroatoms. The van der Waals surface area contributed by atoms with Gasteiger partial charge in [0.2, 0.25) is 24.0 Å². The van der Waals surface area contributed by atoms with Crippen LogP contribution in [0, 0.1) is 0 Å².